The van der Waals surface area contributed by atoms with Crippen molar-refractivity contribution in [1.82, 2.24) is 0 Å². The number of hydrogen-bond acceptors (Lipinski definition) is 2. The molecule has 0 bridgehead atoms. The van der Waals surface area contributed by atoms with Gasteiger partial charge in [-0.3, -0.25) is 0 Å². The van der Waals surface area contributed by atoms with Crippen molar-refractivity contribution in [2.24, 2.45) is 5.73 Å². The van der Waals surface area contributed by atoms with Gasteiger partial charge in [-0.15, -0.1) is 0 Å². The number of ether oxygens (including phenoxy) is 1. The van der Waals surface area contributed by atoms with Crippen LogP contribution in [-0.4, -0.2) is 18.2 Å². The second-order valence-corrected chi connectivity index (χ2v) is 7.12. The maximum absolute atomic E-state index is 6.48. The second-order valence-electron chi connectivity index (χ2n) is 6.71. The van der Waals surface area contributed by atoms with E-state index in [1.807, 2.05) is 18.2 Å². The summed E-state index contributed by atoms with van der Waals surface area (Å²) in [5.41, 5.74) is 7.38. The van der Waals surface area contributed by atoms with E-state index in [0.717, 1.165) is 11.4 Å². The van der Waals surface area contributed by atoms with Gasteiger partial charge in [-0.05, 0) is 50.3 Å². The van der Waals surface area contributed by atoms with Crippen LogP contribution in [0.5, 0.6) is 0 Å². The zero-order chi connectivity index (χ0) is 14.7. The van der Waals surface area contributed by atoms with Gasteiger partial charge in [-0.1, -0.05) is 49.1 Å². The summed E-state index contributed by atoms with van der Waals surface area (Å²) in [4.78, 5) is 0. The largest absolute Gasteiger partial charge is 0.372 e. The van der Waals surface area contributed by atoms with E-state index in [9.17, 15) is 0 Å². The Bertz CT molecular complexity index is 470. The monoisotopic (exact) mass is 307 g/mol. The minimum atomic E-state index is 0.197. The molecule has 2 unspecified atom stereocenters. The van der Waals surface area contributed by atoms with E-state index in [1.54, 1.807) is 0 Å². The van der Waals surface area contributed by atoms with E-state index in [2.05, 4.69) is 6.07 Å². The Balaban J connectivity index is 1.64. The molecular formula is C18H26ClNO. The van der Waals surface area contributed by atoms with Gasteiger partial charge in [0.15, 0.2) is 0 Å². The summed E-state index contributed by atoms with van der Waals surface area (Å²) in [6, 6.07) is 8.08. The molecule has 0 aromatic heterocycles. The standard InChI is InChI=1S/C18H26ClNO/c19-17-7-3-2-6-16(17)14(13-20)12-15-8-11-18(21-15)9-4-1-5-10-18/h2-3,6-7,14-15H,1,4-5,8-13,20H2. The van der Waals surface area contributed by atoms with Gasteiger partial charge in [0.2, 0.25) is 0 Å². The lowest BCUT2D eigenvalue weighted by atomic mass is 9.83. The molecule has 2 atom stereocenters. The molecule has 1 saturated heterocycles. The van der Waals surface area contributed by atoms with Crippen LogP contribution in [0.1, 0.15) is 62.8 Å². The lowest BCUT2D eigenvalue weighted by Gasteiger charge is -2.34. The smallest absolute Gasteiger partial charge is 0.0687 e. The van der Waals surface area contributed by atoms with Crippen LogP contribution >= 0.6 is 11.6 Å². The van der Waals surface area contributed by atoms with Crippen LogP contribution in [0.4, 0.5) is 0 Å². The Hall–Kier alpha value is -0.570. The minimum absolute atomic E-state index is 0.197. The molecule has 2 nitrogen and oxygen atoms in total. The third kappa shape index (κ3) is 3.44. The summed E-state index contributed by atoms with van der Waals surface area (Å²) in [6.45, 7) is 0.636. The molecule has 3 heteroatoms. The van der Waals surface area contributed by atoms with Gasteiger partial charge in [0.05, 0.1) is 11.7 Å². The Morgan fingerprint density at radius 1 is 1.19 bits per heavy atom. The van der Waals surface area contributed by atoms with Crippen LogP contribution in [0, 0.1) is 0 Å². The predicted octanol–water partition coefficient (Wildman–Crippen LogP) is 4.65. The van der Waals surface area contributed by atoms with Crippen LogP contribution in [-0.2, 0) is 4.74 Å². The fraction of sp³-hybridized carbons (Fsp3) is 0.667. The first kappa shape index (κ1) is 15.3. The Labute approximate surface area is 133 Å². The van der Waals surface area contributed by atoms with Gasteiger partial charge in [-0.25, -0.2) is 0 Å². The van der Waals surface area contributed by atoms with Crippen LogP contribution in [0.2, 0.25) is 5.02 Å². The summed E-state index contributed by atoms with van der Waals surface area (Å²) < 4.78 is 6.48. The third-order valence-corrected chi connectivity index (χ3v) is 5.62. The fourth-order valence-electron chi connectivity index (χ4n) is 4.10. The van der Waals surface area contributed by atoms with Crippen molar-refractivity contribution >= 4 is 11.6 Å². The average molecular weight is 308 g/mol. The van der Waals surface area contributed by atoms with Crippen LogP contribution in [0.25, 0.3) is 0 Å². The maximum Gasteiger partial charge on any atom is 0.0687 e. The number of halogens is 1. The van der Waals surface area contributed by atoms with Gasteiger partial charge in [0.25, 0.3) is 0 Å². The zero-order valence-electron chi connectivity index (χ0n) is 12.7. The number of hydrogen-bond donors (Lipinski definition) is 1. The quantitative estimate of drug-likeness (QED) is 0.878. The highest BCUT2D eigenvalue weighted by Crippen LogP contribution is 2.44. The lowest BCUT2D eigenvalue weighted by molar-refractivity contribution is -0.0671. The molecule has 0 radical (unpaired) electrons. The molecule has 3 rings (SSSR count). The highest BCUT2D eigenvalue weighted by atomic mass is 35.5. The van der Waals surface area contributed by atoms with E-state index >= 15 is 0 Å². The molecule has 2 aliphatic rings. The molecule has 1 saturated carbocycles. The number of benzene rings is 1. The summed E-state index contributed by atoms with van der Waals surface area (Å²) in [5.74, 6) is 0.308. The van der Waals surface area contributed by atoms with Gasteiger partial charge in [0.1, 0.15) is 0 Å². The van der Waals surface area contributed by atoms with E-state index < -0.39 is 0 Å². The van der Waals surface area contributed by atoms with Crippen molar-refractivity contribution in [2.75, 3.05) is 6.54 Å². The number of rotatable bonds is 4. The van der Waals surface area contributed by atoms with Crippen LogP contribution in [0.3, 0.4) is 0 Å². The maximum atomic E-state index is 6.48. The van der Waals surface area contributed by atoms with E-state index in [1.165, 1.54) is 50.5 Å². The fourth-order valence-corrected chi connectivity index (χ4v) is 4.39. The van der Waals surface area contributed by atoms with E-state index in [-0.39, 0.29) is 5.60 Å². The van der Waals surface area contributed by atoms with Crippen molar-refractivity contribution in [2.45, 2.75) is 69.0 Å². The average Bonchev–Trinajstić information content (AvgIpc) is 2.89. The van der Waals surface area contributed by atoms with Crippen molar-refractivity contribution < 1.29 is 4.74 Å². The zero-order valence-corrected chi connectivity index (χ0v) is 13.4. The normalized spacial score (nSPS) is 26.1. The van der Waals surface area contributed by atoms with Crippen molar-refractivity contribution in [3.05, 3.63) is 34.9 Å². The Kier molecular flexibility index (Phi) is 4.88. The molecule has 1 aliphatic carbocycles. The summed E-state index contributed by atoms with van der Waals surface area (Å²) in [7, 11) is 0. The topological polar surface area (TPSA) is 35.2 Å². The third-order valence-electron chi connectivity index (χ3n) is 5.28. The van der Waals surface area contributed by atoms with Gasteiger partial charge < -0.3 is 10.5 Å². The molecule has 1 heterocycles. The van der Waals surface area contributed by atoms with E-state index in [0.29, 0.717) is 18.6 Å². The summed E-state index contributed by atoms with van der Waals surface area (Å²) in [5, 5.41) is 0.832. The van der Waals surface area contributed by atoms with Gasteiger partial charge in [-0.2, -0.15) is 0 Å². The predicted molar refractivity (Wildman–Crippen MR) is 87.8 cm³/mol. The molecule has 1 spiro atoms. The van der Waals surface area contributed by atoms with Gasteiger partial charge in [0, 0.05) is 10.9 Å². The summed E-state index contributed by atoms with van der Waals surface area (Å²) in [6.07, 6.45) is 10.3. The first-order chi connectivity index (χ1) is 10.2. The van der Waals surface area contributed by atoms with Crippen molar-refractivity contribution in [1.29, 1.82) is 0 Å². The SMILES string of the molecule is NCC(CC1CCC2(CCCCC2)O1)c1ccccc1Cl. The molecule has 0 amide bonds. The van der Waals surface area contributed by atoms with Crippen LogP contribution in [0.15, 0.2) is 24.3 Å². The molecule has 2 N–H and O–H groups in total. The first-order valence-electron chi connectivity index (χ1n) is 8.35. The van der Waals surface area contributed by atoms with Crippen molar-refractivity contribution in [3.63, 3.8) is 0 Å². The molecule has 2 fully saturated rings. The van der Waals surface area contributed by atoms with E-state index in [4.69, 9.17) is 22.1 Å². The highest BCUT2D eigenvalue weighted by molar-refractivity contribution is 6.31. The van der Waals surface area contributed by atoms with Crippen LogP contribution < -0.4 is 5.73 Å². The molecular weight excluding hydrogens is 282 g/mol. The number of nitrogens with two attached hydrogens (primary N) is 1. The Morgan fingerprint density at radius 2 is 1.95 bits per heavy atom. The summed E-state index contributed by atoms with van der Waals surface area (Å²) >= 11 is 6.33. The molecule has 1 aliphatic heterocycles. The second kappa shape index (κ2) is 6.68. The highest BCUT2D eigenvalue weighted by Gasteiger charge is 2.41. The van der Waals surface area contributed by atoms with Crippen molar-refractivity contribution in [3.8, 4) is 0 Å². The lowest BCUT2D eigenvalue weighted by Crippen LogP contribution is -2.32. The molecule has 21 heavy (non-hydrogen) atoms. The minimum Gasteiger partial charge on any atom is -0.372 e. The van der Waals surface area contributed by atoms with Gasteiger partial charge >= 0.3 is 0 Å². The first-order valence-corrected chi connectivity index (χ1v) is 8.72. The molecule has 1 aromatic rings. The Morgan fingerprint density at radius 3 is 2.67 bits per heavy atom. The molecule has 1 aromatic carbocycles. The molecule has 116 valence electrons.